The van der Waals surface area contributed by atoms with Gasteiger partial charge in [0.15, 0.2) is 0 Å². The molecule has 0 amide bonds. The van der Waals surface area contributed by atoms with E-state index >= 15 is 0 Å². The monoisotopic (exact) mass is 222 g/mol. The van der Waals surface area contributed by atoms with Crippen LogP contribution in [0.1, 0.15) is 31.9 Å². The Labute approximate surface area is 97.2 Å². The Morgan fingerprint density at radius 3 is 3.00 bits per heavy atom. The molecule has 1 aromatic rings. The van der Waals surface area contributed by atoms with Crippen LogP contribution in [0.25, 0.3) is 0 Å². The first-order valence-corrected chi connectivity index (χ1v) is 6.13. The Bertz CT molecular complexity index is 328. The zero-order chi connectivity index (χ0) is 11.4. The number of imidazole rings is 1. The minimum Gasteiger partial charge on any atom is -0.336 e. The summed E-state index contributed by atoms with van der Waals surface area (Å²) in [7, 11) is 0. The Hall–Kier alpha value is -0.870. The Morgan fingerprint density at radius 2 is 2.38 bits per heavy atom. The van der Waals surface area contributed by atoms with Gasteiger partial charge in [0.2, 0.25) is 0 Å². The topological polar surface area (TPSA) is 55.9 Å². The highest BCUT2D eigenvalue weighted by Gasteiger charge is 2.30. The van der Waals surface area contributed by atoms with Crippen LogP contribution in [0.3, 0.4) is 0 Å². The second kappa shape index (κ2) is 4.97. The van der Waals surface area contributed by atoms with E-state index in [1.807, 2.05) is 10.9 Å². The molecule has 4 heteroatoms. The molecule has 0 aliphatic heterocycles. The predicted molar refractivity (Wildman–Crippen MR) is 64.9 cm³/mol. The van der Waals surface area contributed by atoms with Gasteiger partial charge in [-0.1, -0.05) is 13.3 Å². The van der Waals surface area contributed by atoms with Gasteiger partial charge in [-0.2, -0.15) is 0 Å². The molecule has 1 fully saturated rings. The summed E-state index contributed by atoms with van der Waals surface area (Å²) in [6, 6.07) is 0. The summed E-state index contributed by atoms with van der Waals surface area (Å²) in [4.78, 5) is 4.34. The fourth-order valence-electron chi connectivity index (χ4n) is 2.22. The summed E-state index contributed by atoms with van der Waals surface area (Å²) >= 11 is 0. The van der Waals surface area contributed by atoms with Crippen molar-refractivity contribution in [3.8, 4) is 0 Å². The molecule has 4 nitrogen and oxygen atoms in total. The van der Waals surface area contributed by atoms with Crippen molar-refractivity contribution in [2.45, 2.75) is 39.3 Å². The van der Waals surface area contributed by atoms with Gasteiger partial charge in [-0.3, -0.25) is 0 Å². The van der Waals surface area contributed by atoms with E-state index in [9.17, 15) is 0 Å². The van der Waals surface area contributed by atoms with Crippen molar-refractivity contribution in [1.82, 2.24) is 14.9 Å². The van der Waals surface area contributed by atoms with E-state index < -0.39 is 0 Å². The highest BCUT2D eigenvalue weighted by Crippen LogP contribution is 2.39. The molecule has 16 heavy (non-hydrogen) atoms. The lowest BCUT2D eigenvalue weighted by Gasteiger charge is -2.38. The Kier molecular flexibility index (Phi) is 3.61. The smallest absolute Gasteiger partial charge is 0.0950 e. The molecule has 1 saturated carbocycles. The highest BCUT2D eigenvalue weighted by molar-refractivity contribution is 4.97. The van der Waals surface area contributed by atoms with Crippen LogP contribution in [0, 0.1) is 5.41 Å². The number of hydrogen-bond donors (Lipinski definition) is 2. The fraction of sp³-hybridized carbons (Fsp3) is 0.750. The van der Waals surface area contributed by atoms with E-state index in [0.717, 1.165) is 25.3 Å². The molecule has 1 aromatic heterocycles. The number of aromatic nitrogens is 2. The van der Waals surface area contributed by atoms with Crippen molar-refractivity contribution < 1.29 is 0 Å². The lowest BCUT2D eigenvalue weighted by Crippen LogP contribution is -2.37. The quantitative estimate of drug-likeness (QED) is 0.758. The number of nitrogens with zero attached hydrogens (tertiary/aromatic N) is 2. The van der Waals surface area contributed by atoms with Crippen LogP contribution < -0.4 is 11.1 Å². The molecule has 0 atom stereocenters. The van der Waals surface area contributed by atoms with Crippen LogP contribution >= 0.6 is 0 Å². The molecule has 0 radical (unpaired) electrons. The number of nitrogens with two attached hydrogens (primary N) is 1. The molecule has 1 aliphatic carbocycles. The predicted octanol–water partition coefficient (Wildman–Crippen LogP) is 1.12. The molecule has 90 valence electrons. The number of hydrogen-bond acceptors (Lipinski definition) is 3. The van der Waals surface area contributed by atoms with Gasteiger partial charge in [0, 0.05) is 32.4 Å². The van der Waals surface area contributed by atoms with Gasteiger partial charge in [0.25, 0.3) is 0 Å². The molecule has 0 saturated heterocycles. The van der Waals surface area contributed by atoms with Crippen molar-refractivity contribution in [3.05, 3.63) is 18.2 Å². The third-order valence-corrected chi connectivity index (χ3v) is 3.49. The standard InChI is InChI=1S/C12H22N4/c1-12(3-2-4-12)9-14-7-11-8-16(6-5-13)10-15-11/h8,10,14H,2-7,9,13H2,1H3. The largest absolute Gasteiger partial charge is 0.336 e. The summed E-state index contributed by atoms with van der Waals surface area (Å²) in [6.07, 6.45) is 8.05. The summed E-state index contributed by atoms with van der Waals surface area (Å²) < 4.78 is 2.04. The molecule has 0 bridgehead atoms. The molecule has 0 unspecified atom stereocenters. The minimum absolute atomic E-state index is 0.541. The van der Waals surface area contributed by atoms with E-state index in [-0.39, 0.29) is 0 Å². The Morgan fingerprint density at radius 1 is 1.56 bits per heavy atom. The maximum Gasteiger partial charge on any atom is 0.0950 e. The normalized spacial score (nSPS) is 18.4. The maximum absolute atomic E-state index is 5.49. The van der Waals surface area contributed by atoms with Gasteiger partial charge in [-0.25, -0.2) is 4.98 Å². The maximum atomic E-state index is 5.49. The first kappa shape index (κ1) is 11.6. The van der Waals surface area contributed by atoms with Crippen LogP contribution in [0.4, 0.5) is 0 Å². The molecular weight excluding hydrogens is 200 g/mol. The lowest BCUT2D eigenvalue weighted by molar-refractivity contribution is 0.156. The number of rotatable bonds is 6. The second-order valence-electron chi connectivity index (χ2n) is 5.16. The van der Waals surface area contributed by atoms with Crippen molar-refractivity contribution in [1.29, 1.82) is 0 Å². The van der Waals surface area contributed by atoms with Crippen LogP contribution in [-0.4, -0.2) is 22.6 Å². The molecule has 1 heterocycles. The highest BCUT2D eigenvalue weighted by atomic mass is 15.1. The lowest BCUT2D eigenvalue weighted by atomic mass is 9.70. The Balaban J connectivity index is 1.72. The van der Waals surface area contributed by atoms with Crippen LogP contribution in [0.15, 0.2) is 12.5 Å². The molecule has 0 aromatic carbocycles. The second-order valence-corrected chi connectivity index (χ2v) is 5.16. The minimum atomic E-state index is 0.541. The zero-order valence-electron chi connectivity index (χ0n) is 10.1. The SMILES string of the molecule is CC1(CNCc2cn(CCN)cn2)CCC1. The van der Waals surface area contributed by atoms with E-state index in [0.29, 0.717) is 12.0 Å². The van der Waals surface area contributed by atoms with E-state index in [2.05, 4.69) is 23.4 Å². The first-order valence-electron chi connectivity index (χ1n) is 6.13. The molecule has 1 aliphatic rings. The summed E-state index contributed by atoms with van der Waals surface area (Å²) in [6.45, 7) is 5.85. The van der Waals surface area contributed by atoms with Crippen molar-refractivity contribution >= 4 is 0 Å². The van der Waals surface area contributed by atoms with Gasteiger partial charge in [0.1, 0.15) is 0 Å². The van der Waals surface area contributed by atoms with Crippen molar-refractivity contribution in [2.75, 3.05) is 13.1 Å². The zero-order valence-corrected chi connectivity index (χ0v) is 10.1. The van der Waals surface area contributed by atoms with Gasteiger partial charge in [0.05, 0.1) is 12.0 Å². The third kappa shape index (κ3) is 2.83. The van der Waals surface area contributed by atoms with E-state index in [4.69, 9.17) is 5.73 Å². The average molecular weight is 222 g/mol. The van der Waals surface area contributed by atoms with E-state index in [1.165, 1.54) is 19.3 Å². The van der Waals surface area contributed by atoms with Crippen molar-refractivity contribution in [2.24, 2.45) is 11.1 Å². The number of nitrogens with one attached hydrogen (secondary N) is 1. The molecule has 0 spiro atoms. The molecular formula is C12H22N4. The average Bonchev–Trinajstić information content (AvgIpc) is 2.64. The third-order valence-electron chi connectivity index (χ3n) is 3.49. The fourth-order valence-corrected chi connectivity index (χ4v) is 2.22. The first-order chi connectivity index (χ1) is 7.72. The summed E-state index contributed by atoms with van der Waals surface area (Å²) in [5, 5.41) is 3.49. The summed E-state index contributed by atoms with van der Waals surface area (Å²) in [5.74, 6) is 0. The van der Waals surface area contributed by atoms with Crippen molar-refractivity contribution in [3.63, 3.8) is 0 Å². The van der Waals surface area contributed by atoms with Gasteiger partial charge >= 0.3 is 0 Å². The van der Waals surface area contributed by atoms with Crippen LogP contribution in [0.5, 0.6) is 0 Å². The molecule has 3 N–H and O–H groups in total. The molecule has 2 rings (SSSR count). The van der Waals surface area contributed by atoms with Gasteiger partial charge in [-0.05, 0) is 18.3 Å². The van der Waals surface area contributed by atoms with Crippen LogP contribution in [-0.2, 0) is 13.1 Å². The van der Waals surface area contributed by atoms with Crippen LogP contribution in [0.2, 0.25) is 0 Å². The van der Waals surface area contributed by atoms with Gasteiger partial charge < -0.3 is 15.6 Å². The van der Waals surface area contributed by atoms with Gasteiger partial charge in [-0.15, -0.1) is 0 Å². The van der Waals surface area contributed by atoms with E-state index in [1.54, 1.807) is 0 Å². The summed E-state index contributed by atoms with van der Waals surface area (Å²) in [5.41, 5.74) is 7.14.